The van der Waals surface area contributed by atoms with Crippen LogP contribution in [-0.4, -0.2) is 50.8 Å². The van der Waals surface area contributed by atoms with Crippen LogP contribution >= 0.6 is 0 Å². The summed E-state index contributed by atoms with van der Waals surface area (Å²) >= 11 is 0. The second-order valence-corrected chi connectivity index (χ2v) is 8.39. The summed E-state index contributed by atoms with van der Waals surface area (Å²) in [6.07, 6.45) is 1.19. The molecule has 0 amide bonds. The molecule has 9 heteroatoms. The van der Waals surface area contributed by atoms with Gasteiger partial charge in [-0.15, -0.1) is 0 Å². The Bertz CT molecular complexity index is 864. The number of nitrogens with two attached hydrogens (primary N) is 1. The van der Waals surface area contributed by atoms with Crippen LogP contribution in [-0.2, 0) is 27.8 Å². The van der Waals surface area contributed by atoms with E-state index in [-0.39, 0.29) is 5.95 Å². The number of nitrogens with one attached hydrogen (secondary N) is 1. The maximum Gasteiger partial charge on any atom is 0.222 e. The molecule has 0 aliphatic carbocycles. The first-order valence-electron chi connectivity index (χ1n) is 8.27. The highest BCUT2D eigenvalue weighted by atomic mass is 32.2. The van der Waals surface area contributed by atoms with Crippen molar-refractivity contribution >= 4 is 21.6 Å². The largest absolute Gasteiger partial charge is 0.370 e. The number of nitrogen functional groups attached to an aromatic ring is 1. The van der Waals surface area contributed by atoms with Crippen LogP contribution < -0.4 is 16.0 Å². The SMILES string of the molecule is CNC1CN(c2cc(COCc3ccc(S(C)(=O)=O)cc3)nc(N)n2)C1. The molecule has 140 valence electrons. The van der Waals surface area contributed by atoms with Crippen molar-refractivity contribution in [3.8, 4) is 0 Å². The predicted molar refractivity (Wildman–Crippen MR) is 99.5 cm³/mol. The van der Waals surface area contributed by atoms with Crippen LogP contribution in [0.25, 0.3) is 0 Å². The minimum absolute atomic E-state index is 0.228. The first-order valence-corrected chi connectivity index (χ1v) is 10.2. The van der Waals surface area contributed by atoms with Crippen LogP contribution in [0.2, 0.25) is 0 Å². The van der Waals surface area contributed by atoms with E-state index in [1.54, 1.807) is 24.3 Å². The van der Waals surface area contributed by atoms with E-state index in [0.717, 1.165) is 24.5 Å². The molecule has 1 saturated heterocycles. The van der Waals surface area contributed by atoms with Crippen LogP contribution in [0.4, 0.5) is 11.8 Å². The van der Waals surface area contributed by atoms with Crippen LogP contribution in [0.15, 0.2) is 35.2 Å². The Morgan fingerprint density at radius 2 is 1.92 bits per heavy atom. The minimum Gasteiger partial charge on any atom is -0.370 e. The van der Waals surface area contributed by atoms with Crippen molar-refractivity contribution in [1.29, 1.82) is 0 Å². The number of anilines is 2. The van der Waals surface area contributed by atoms with Crippen molar-refractivity contribution in [2.24, 2.45) is 0 Å². The number of hydrogen-bond acceptors (Lipinski definition) is 8. The van der Waals surface area contributed by atoms with Gasteiger partial charge in [0.2, 0.25) is 5.95 Å². The second-order valence-electron chi connectivity index (χ2n) is 6.38. The molecule has 0 atom stereocenters. The van der Waals surface area contributed by atoms with E-state index in [2.05, 4.69) is 20.2 Å². The molecule has 1 fully saturated rings. The lowest BCUT2D eigenvalue weighted by Crippen LogP contribution is -2.57. The molecule has 1 aliphatic rings. The van der Waals surface area contributed by atoms with Gasteiger partial charge in [-0.05, 0) is 24.7 Å². The first-order chi connectivity index (χ1) is 12.3. The molecular formula is C17H23N5O3S. The Balaban J connectivity index is 1.57. The zero-order chi connectivity index (χ0) is 18.7. The molecule has 0 radical (unpaired) electrons. The van der Waals surface area contributed by atoms with E-state index in [0.29, 0.717) is 29.8 Å². The van der Waals surface area contributed by atoms with Crippen LogP contribution in [0.3, 0.4) is 0 Å². The molecular weight excluding hydrogens is 354 g/mol. The summed E-state index contributed by atoms with van der Waals surface area (Å²) in [5.41, 5.74) is 7.41. The normalized spacial score (nSPS) is 15.1. The molecule has 1 aromatic heterocycles. The third-order valence-electron chi connectivity index (χ3n) is 4.27. The summed E-state index contributed by atoms with van der Waals surface area (Å²) < 4.78 is 28.6. The molecule has 0 saturated carbocycles. The quantitative estimate of drug-likeness (QED) is 0.721. The van der Waals surface area contributed by atoms with Gasteiger partial charge in [-0.3, -0.25) is 0 Å². The van der Waals surface area contributed by atoms with Gasteiger partial charge in [-0.25, -0.2) is 13.4 Å². The summed E-state index contributed by atoms with van der Waals surface area (Å²) in [7, 11) is -1.24. The zero-order valence-corrected chi connectivity index (χ0v) is 15.7. The lowest BCUT2D eigenvalue weighted by atomic mass is 10.1. The molecule has 1 aromatic carbocycles. The number of aromatic nitrogens is 2. The van der Waals surface area contributed by atoms with Crippen molar-refractivity contribution in [3.63, 3.8) is 0 Å². The Labute approximate surface area is 153 Å². The number of ether oxygens (including phenoxy) is 1. The van der Waals surface area contributed by atoms with Crippen molar-refractivity contribution in [2.75, 3.05) is 37.0 Å². The highest BCUT2D eigenvalue weighted by Crippen LogP contribution is 2.20. The molecule has 8 nitrogen and oxygen atoms in total. The Morgan fingerprint density at radius 3 is 2.54 bits per heavy atom. The highest BCUT2D eigenvalue weighted by Gasteiger charge is 2.26. The maximum absolute atomic E-state index is 11.5. The lowest BCUT2D eigenvalue weighted by Gasteiger charge is -2.40. The zero-order valence-electron chi connectivity index (χ0n) is 14.8. The Kier molecular flexibility index (Phi) is 5.40. The number of nitrogens with zero attached hydrogens (tertiary/aromatic N) is 3. The fourth-order valence-electron chi connectivity index (χ4n) is 2.69. The van der Waals surface area contributed by atoms with Crippen molar-refractivity contribution in [2.45, 2.75) is 24.2 Å². The predicted octanol–water partition coefficient (Wildman–Crippen LogP) is 0.587. The van der Waals surface area contributed by atoms with E-state index >= 15 is 0 Å². The third-order valence-corrected chi connectivity index (χ3v) is 5.40. The van der Waals surface area contributed by atoms with Gasteiger partial charge < -0.3 is 20.7 Å². The monoisotopic (exact) mass is 377 g/mol. The van der Waals surface area contributed by atoms with Crippen LogP contribution in [0.5, 0.6) is 0 Å². The minimum atomic E-state index is -3.18. The summed E-state index contributed by atoms with van der Waals surface area (Å²) in [4.78, 5) is 10.9. The molecule has 26 heavy (non-hydrogen) atoms. The fraction of sp³-hybridized carbons (Fsp3) is 0.412. The number of hydrogen-bond donors (Lipinski definition) is 2. The molecule has 2 heterocycles. The molecule has 0 unspecified atom stereocenters. The van der Waals surface area contributed by atoms with Gasteiger partial charge in [0, 0.05) is 31.5 Å². The van der Waals surface area contributed by atoms with Gasteiger partial charge in [0.25, 0.3) is 0 Å². The Morgan fingerprint density at radius 1 is 1.23 bits per heavy atom. The van der Waals surface area contributed by atoms with E-state index in [1.807, 2.05) is 13.1 Å². The van der Waals surface area contributed by atoms with Crippen LogP contribution in [0.1, 0.15) is 11.3 Å². The van der Waals surface area contributed by atoms with Gasteiger partial charge in [0.15, 0.2) is 9.84 Å². The van der Waals surface area contributed by atoms with Gasteiger partial charge in [0.1, 0.15) is 5.82 Å². The fourth-order valence-corrected chi connectivity index (χ4v) is 3.32. The molecule has 3 N–H and O–H groups in total. The third kappa shape index (κ3) is 4.48. The van der Waals surface area contributed by atoms with Crippen LogP contribution in [0, 0.1) is 0 Å². The average molecular weight is 377 g/mol. The van der Waals surface area contributed by atoms with E-state index in [4.69, 9.17) is 10.5 Å². The first kappa shape index (κ1) is 18.6. The summed E-state index contributed by atoms with van der Waals surface area (Å²) in [5.74, 6) is 1.03. The maximum atomic E-state index is 11.5. The van der Waals surface area contributed by atoms with Gasteiger partial charge in [0.05, 0.1) is 23.8 Å². The van der Waals surface area contributed by atoms with E-state index < -0.39 is 9.84 Å². The number of rotatable bonds is 7. The summed E-state index contributed by atoms with van der Waals surface area (Å²) in [6.45, 7) is 2.44. The topological polar surface area (TPSA) is 110 Å². The van der Waals surface area contributed by atoms with Crippen molar-refractivity contribution in [3.05, 3.63) is 41.6 Å². The smallest absolute Gasteiger partial charge is 0.222 e. The van der Waals surface area contributed by atoms with Crippen molar-refractivity contribution in [1.82, 2.24) is 15.3 Å². The van der Waals surface area contributed by atoms with Crippen molar-refractivity contribution < 1.29 is 13.2 Å². The second kappa shape index (κ2) is 7.56. The van der Waals surface area contributed by atoms with E-state index in [9.17, 15) is 8.42 Å². The average Bonchev–Trinajstić information content (AvgIpc) is 2.53. The summed E-state index contributed by atoms with van der Waals surface area (Å²) in [5, 5.41) is 3.22. The highest BCUT2D eigenvalue weighted by molar-refractivity contribution is 7.90. The molecule has 1 aliphatic heterocycles. The van der Waals surface area contributed by atoms with Gasteiger partial charge in [-0.2, -0.15) is 4.98 Å². The Hall–Kier alpha value is -2.23. The molecule has 0 bridgehead atoms. The van der Waals surface area contributed by atoms with Gasteiger partial charge in [-0.1, -0.05) is 12.1 Å². The standard InChI is InChI=1S/C17H23N5O3S/c1-19-14-8-22(9-14)16-7-13(20-17(18)21-16)11-25-10-12-3-5-15(6-4-12)26(2,23)24/h3-7,14,19H,8-11H2,1-2H3,(H2,18,20,21). The van der Waals surface area contributed by atoms with Gasteiger partial charge >= 0.3 is 0 Å². The molecule has 0 spiro atoms. The lowest BCUT2D eigenvalue weighted by molar-refractivity contribution is 0.104. The molecule has 2 aromatic rings. The number of sulfone groups is 1. The van der Waals surface area contributed by atoms with E-state index in [1.165, 1.54) is 6.26 Å². The number of likely N-dealkylation sites (N-methyl/N-ethyl adjacent to an activating group) is 1. The number of benzene rings is 1. The summed E-state index contributed by atoms with van der Waals surface area (Å²) in [6, 6.07) is 9.01. The molecule has 3 rings (SSSR count).